The number of unbranched alkanes of at least 4 members (excludes halogenated alkanes) is 3. The monoisotopic (exact) mass is 367 g/mol. The van der Waals surface area contributed by atoms with Crippen molar-refractivity contribution >= 4 is 21.6 Å². The third kappa shape index (κ3) is 6.09. The molecule has 0 aliphatic carbocycles. The van der Waals surface area contributed by atoms with Crippen LogP contribution in [0.5, 0.6) is 0 Å². The number of hydrogen-bond acceptors (Lipinski definition) is 4. The number of benzene rings is 1. The number of nitrogens with zero attached hydrogens (tertiary/aromatic N) is 1. The molecule has 140 valence electrons. The summed E-state index contributed by atoms with van der Waals surface area (Å²) in [6.45, 7) is 1.83. The first kappa shape index (κ1) is 19.9. The summed E-state index contributed by atoms with van der Waals surface area (Å²) in [6.07, 6.45) is 7.14. The molecule has 6 nitrogen and oxygen atoms in total. The lowest BCUT2D eigenvalue weighted by Gasteiger charge is -2.26. The highest BCUT2D eigenvalue weighted by molar-refractivity contribution is 7.89. The van der Waals surface area contributed by atoms with Crippen LogP contribution in [0, 0.1) is 0 Å². The van der Waals surface area contributed by atoms with Gasteiger partial charge in [-0.2, -0.15) is 4.31 Å². The molecule has 0 radical (unpaired) electrons. The van der Waals surface area contributed by atoms with Crippen LogP contribution < -0.4 is 11.1 Å². The van der Waals surface area contributed by atoms with E-state index < -0.39 is 10.0 Å². The molecule has 1 fully saturated rings. The van der Waals surface area contributed by atoms with Gasteiger partial charge in [0.25, 0.3) is 0 Å². The Bertz CT molecular complexity index is 655. The average Bonchev–Trinajstić information content (AvgIpc) is 2.62. The van der Waals surface area contributed by atoms with E-state index in [2.05, 4.69) is 5.32 Å². The van der Waals surface area contributed by atoms with E-state index in [1.807, 2.05) is 0 Å². The van der Waals surface area contributed by atoms with Crippen LogP contribution in [0.15, 0.2) is 29.2 Å². The van der Waals surface area contributed by atoms with E-state index >= 15 is 0 Å². The number of carbonyl (C=O) groups excluding carboxylic acids is 1. The fourth-order valence-electron chi connectivity index (χ4n) is 3.00. The number of nitrogens with one attached hydrogen (secondary N) is 1. The van der Waals surface area contributed by atoms with Gasteiger partial charge in [-0.05, 0) is 50.4 Å². The van der Waals surface area contributed by atoms with Crippen molar-refractivity contribution in [2.24, 2.45) is 5.73 Å². The molecule has 1 aliphatic heterocycles. The largest absolute Gasteiger partial charge is 0.330 e. The van der Waals surface area contributed by atoms with Gasteiger partial charge in [0.15, 0.2) is 0 Å². The van der Waals surface area contributed by atoms with Crippen molar-refractivity contribution in [2.75, 3.05) is 25.0 Å². The molecule has 2 rings (SSSR count). The lowest BCUT2D eigenvalue weighted by molar-refractivity contribution is -0.116. The fraction of sp³-hybridized carbons (Fsp3) is 0.611. The van der Waals surface area contributed by atoms with Gasteiger partial charge in [0.2, 0.25) is 15.9 Å². The van der Waals surface area contributed by atoms with E-state index in [1.165, 1.54) is 4.31 Å². The van der Waals surface area contributed by atoms with Crippen LogP contribution in [-0.4, -0.2) is 38.3 Å². The normalized spacial score (nSPS) is 15.9. The molecule has 25 heavy (non-hydrogen) atoms. The number of hydrogen-bond donors (Lipinski definition) is 2. The topological polar surface area (TPSA) is 92.5 Å². The van der Waals surface area contributed by atoms with Crippen molar-refractivity contribution in [3.05, 3.63) is 24.3 Å². The summed E-state index contributed by atoms with van der Waals surface area (Å²) in [6, 6.07) is 6.54. The minimum absolute atomic E-state index is 0.0831. The maximum Gasteiger partial charge on any atom is 0.243 e. The van der Waals surface area contributed by atoms with Crippen LogP contribution in [0.3, 0.4) is 0 Å². The quantitative estimate of drug-likeness (QED) is 0.656. The van der Waals surface area contributed by atoms with Crippen molar-refractivity contribution in [1.29, 1.82) is 0 Å². The van der Waals surface area contributed by atoms with Crippen molar-refractivity contribution in [2.45, 2.75) is 56.3 Å². The van der Waals surface area contributed by atoms with Gasteiger partial charge >= 0.3 is 0 Å². The second kappa shape index (κ2) is 9.89. The van der Waals surface area contributed by atoms with Gasteiger partial charge < -0.3 is 11.1 Å². The molecule has 1 aliphatic rings. The number of anilines is 1. The maximum atomic E-state index is 12.7. The third-order valence-electron chi connectivity index (χ3n) is 4.43. The second-order valence-electron chi connectivity index (χ2n) is 6.49. The van der Waals surface area contributed by atoms with Gasteiger partial charge in [0.1, 0.15) is 0 Å². The Kier molecular flexibility index (Phi) is 7.87. The molecule has 1 aromatic carbocycles. The summed E-state index contributed by atoms with van der Waals surface area (Å²) in [4.78, 5) is 12.3. The molecule has 0 saturated carbocycles. The molecule has 1 heterocycles. The van der Waals surface area contributed by atoms with Crippen molar-refractivity contribution in [3.8, 4) is 0 Å². The van der Waals surface area contributed by atoms with Gasteiger partial charge in [-0.3, -0.25) is 4.79 Å². The standard InChI is InChI=1S/C18H29N3O3S/c19-12-5-2-1-4-11-18(22)20-16-9-8-10-17(15-16)25(23,24)21-13-6-3-7-14-21/h8-10,15H,1-7,11-14,19H2,(H,20,22). The van der Waals surface area contributed by atoms with E-state index in [0.29, 0.717) is 31.7 Å². The summed E-state index contributed by atoms with van der Waals surface area (Å²) in [5.74, 6) is -0.0831. The zero-order chi connectivity index (χ0) is 18.1. The predicted molar refractivity (Wildman–Crippen MR) is 99.8 cm³/mol. The van der Waals surface area contributed by atoms with Crippen LogP contribution in [0.25, 0.3) is 0 Å². The molecule has 3 N–H and O–H groups in total. The Hall–Kier alpha value is -1.44. The summed E-state index contributed by atoms with van der Waals surface area (Å²) in [5.41, 5.74) is 5.98. The van der Waals surface area contributed by atoms with E-state index in [4.69, 9.17) is 5.73 Å². The van der Waals surface area contributed by atoms with Crippen LogP contribution in [-0.2, 0) is 14.8 Å². The Balaban J connectivity index is 1.93. The first-order valence-electron chi connectivity index (χ1n) is 9.14. The van der Waals surface area contributed by atoms with Gasteiger partial charge in [-0.25, -0.2) is 8.42 Å². The number of amides is 1. The molecule has 0 atom stereocenters. The molecule has 0 bridgehead atoms. The molecule has 0 unspecified atom stereocenters. The van der Waals surface area contributed by atoms with E-state index in [-0.39, 0.29) is 10.8 Å². The number of nitrogens with two attached hydrogens (primary N) is 1. The second-order valence-corrected chi connectivity index (χ2v) is 8.43. The molecule has 0 aromatic heterocycles. The molecular formula is C18H29N3O3S. The Morgan fingerprint density at radius 3 is 2.52 bits per heavy atom. The highest BCUT2D eigenvalue weighted by atomic mass is 32.2. The molecule has 7 heteroatoms. The smallest absolute Gasteiger partial charge is 0.243 e. The number of rotatable bonds is 9. The third-order valence-corrected chi connectivity index (χ3v) is 6.32. The minimum atomic E-state index is -3.48. The van der Waals surface area contributed by atoms with Gasteiger partial charge in [0, 0.05) is 25.2 Å². The summed E-state index contributed by atoms with van der Waals surface area (Å²) < 4.78 is 26.9. The predicted octanol–water partition coefficient (Wildman–Crippen LogP) is 2.71. The zero-order valence-electron chi connectivity index (χ0n) is 14.7. The van der Waals surface area contributed by atoms with Crippen LogP contribution in [0.2, 0.25) is 0 Å². The SMILES string of the molecule is NCCCCCCC(=O)Nc1cccc(S(=O)(=O)N2CCCCC2)c1. The Labute approximate surface area is 150 Å². The van der Waals surface area contributed by atoms with E-state index in [0.717, 1.165) is 44.9 Å². The highest BCUT2D eigenvalue weighted by Gasteiger charge is 2.26. The lowest BCUT2D eigenvalue weighted by atomic mass is 10.1. The highest BCUT2D eigenvalue weighted by Crippen LogP contribution is 2.23. The average molecular weight is 368 g/mol. The van der Waals surface area contributed by atoms with Gasteiger partial charge in [-0.15, -0.1) is 0 Å². The van der Waals surface area contributed by atoms with Crippen LogP contribution in [0.4, 0.5) is 5.69 Å². The van der Waals surface area contributed by atoms with E-state index in [1.54, 1.807) is 24.3 Å². The van der Waals surface area contributed by atoms with Crippen molar-refractivity contribution < 1.29 is 13.2 Å². The summed E-state index contributed by atoms with van der Waals surface area (Å²) in [7, 11) is -3.48. The zero-order valence-corrected chi connectivity index (χ0v) is 15.6. The lowest BCUT2D eigenvalue weighted by Crippen LogP contribution is -2.35. The van der Waals surface area contributed by atoms with Crippen LogP contribution in [0.1, 0.15) is 51.4 Å². The van der Waals surface area contributed by atoms with Gasteiger partial charge in [-0.1, -0.05) is 25.3 Å². The molecule has 1 amide bonds. The Morgan fingerprint density at radius 1 is 1.08 bits per heavy atom. The maximum absolute atomic E-state index is 12.7. The summed E-state index contributed by atoms with van der Waals surface area (Å²) >= 11 is 0. The number of piperidine rings is 1. The fourth-order valence-corrected chi connectivity index (χ4v) is 4.56. The minimum Gasteiger partial charge on any atom is -0.330 e. The molecule has 1 saturated heterocycles. The Morgan fingerprint density at radius 2 is 1.80 bits per heavy atom. The first-order chi connectivity index (χ1) is 12.0. The molecule has 0 spiro atoms. The number of carbonyl (C=O) groups is 1. The molecular weight excluding hydrogens is 338 g/mol. The van der Waals surface area contributed by atoms with E-state index in [9.17, 15) is 13.2 Å². The number of sulfonamides is 1. The van der Waals surface area contributed by atoms with Crippen molar-refractivity contribution in [3.63, 3.8) is 0 Å². The summed E-state index contributed by atoms with van der Waals surface area (Å²) in [5, 5.41) is 2.80. The van der Waals surface area contributed by atoms with Crippen LogP contribution >= 0.6 is 0 Å². The first-order valence-corrected chi connectivity index (χ1v) is 10.6. The molecule has 1 aromatic rings. The van der Waals surface area contributed by atoms with Gasteiger partial charge in [0.05, 0.1) is 4.90 Å². The van der Waals surface area contributed by atoms with Crippen molar-refractivity contribution in [1.82, 2.24) is 4.31 Å².